The van der Waals surface area contributed by atoms with Crippen LogP contribution in [-0.4, -0.2) is 18.7 Å². The molecule has 1 aliphatic carbocycles. The van der Waals surface area contributed by atoms with Gasteiger partial charge in [0.2, 0.25) is 0 Å². The van der Waals surface area contributed by atoms with E-state index in [0.29, 0.717) is 18.3 Å². The second-order valence-corrected chi connectivity index (χ2v) is 6.39. The molecule has 22 heavy (non-hydrogen) atoms. The van der Waals surface area contributed by atoms with Gasteiger partial charge in [-0.1, -0.05) is 24.3 Å². The molecule has 1 aliphatic heterocycles. The lowest BCUT2D eigenvalue weighted by molar-refractivity contribution is 0.306. The first-order valence-corrected chi connectivity index (χ1v) is 7.95. The highest BCUT2D eigenvalue weighted by Crippen LogP contribution is 2.64. The molecule has 0 aromatic heterocycles. The van der Waals surface area contributed by atoms with Crippen molar-refractivity contribution < 1.29 is 9.84 Å². The smallest absolute Gasteiger partial charge is 0.124 e. The van der Waals surface area contributed by atoms with Crippen LogP contribution < -0.4 is 10.1 Å². The van der Waals surface area contributed by atoms with Gasteiger partial charge in [-0.05, 0) is 61.7 Å². The molecule has 0 bridgehead atoms. The highest BCUT2D eigenvalue weighted by Gasteiger charge is 2.58. The Hall–Kier alpha value is -2.00. The van der Waals surface area contributed by atoms with Gasteiger partial charge in [0, 0.05) is 11.0 Å². The normalized spacial score (nSPS) is 25.0. The van der Waals surface area contributed by atoms with Gasteiger partial charge in [0.15, 0.2) is 0 Å². The molecular weight excluding hydrogens is 274 g/mol. The standard InChI is InChI=1S/C19H21NO2/c1-20-9-8-14-11-19(14)16-5-3-2-4-13(16)12-22-18-7-6-15(21)10-17(18)19/h2-7,10,14,20-21H,8-9,11-12H2,1H3. The van der Waals surface area contributed by atoms with Crippen LogP contribution in [0.5, 0.6) is 11.5 Å². The van der Waals surface area contributed by atoms with Crippen molar-refractivity contribution in [3.05, 3.63) is 59.2 Å². The number of nitrogens with one attached hydrogen (secondary N) is 1. The molecule has 2 aromatic rings. The van der Waals surface area contributed by atoms with Gasteiger partial charge < -0.3 is 15.2 Å². The van der Waals surface area contributed by atoms with Gasteiger partial charge in [-0.25, -0.2) is 0 Å². The number of benzene rings is 2. The van der Waals surface area contributed by atoms with Crippen LogP contribution >= 0.6 is 0 Å². The maximum atomic E-state index is 9.98. The van der Waals surface area contributed by atoms with E-state index in [4.69, 9.17) is 4.74 Å². The van der Waals surface area contributed by atoms with Gasteiger partial charge in [-0.15, -0.1) is 0 Å². The van der Waals surface area contributed by atoms with Gasteiger partial charge >= 0.3 is 0 Å². The molecule has 0 radical (unpaired) electrons. The lowest BCUT2D eigenvalue weighted by Crippen LogP contribution is -2.16. The van der Waals surface area contributed by atoms with Crippen LogP contribution in [0.15, 0.2) is 42.5 Å². The molecule has 2 unspecified atom stereocenters. The molecule has 4 rings (SSSR count). The van der Waals surface area contributed by atoms with Gasteiger partial charge in [0.1, 0.15) is 18.1 Å². The highest BCUT2D eigenvalue weighted by molar-refractivity contribution is 5.58. The summed E-state index contributed by atoms with van der Waals surface area (Å²) in [6.07, 6.45) is 2.27. The molecule has 1 heterocycles. The van der Waals surface area contributed by atoms with E-state index in [-0.39, 0.29) is 5.41 Å². The van der Waals surface area contributed by atoms with E-state index in [0.717, 1.165) is 30.7 Å². The summed E-state index contributed by atoms with van der Waals surface area (Å²) in [4.78, 5) is 0. The molecule has 2 N–H and O–H groups in total. The minimum absolute atomic E-state index is 0.0119. The van der Waals surface area contributed by atoms with Crippen LogP contribution in [0.4, 0.5) is 0 Å². The number of hydrogen-bond acceptors (Lipinski definition) is 3. The molecule has 2 atom stereocenters. The Morgan fingerprint density at radius 3 is 2.95 bits per heavy atom. The third-order valence-corrected chi connectivity index (χ3v) is 5.17. The fourth-order valence-corrected chi connectivity index (χ4v) is 4.03. The summed E-state index contributed by atoms with van der Waals surface area (Å²) in [6, 6.07) is 14.1. The fourth-order valence-electron chi connectivity index (χ4n) is 4.03. The number of hydrogen-bond donors (Lipinski definition) is 2. The third-order valence-electron chi connectivity index (χ3n) is 5.17. The fraction of sp³-hybridized carbons (Fsp3) is 0.368. The van der Waals surface area contributed by atoms with Gasteiger partial charge in [0.25, 0.3) is 0 Å². The zero-order valence-corrected chi connectivity index (χ0v) is 12.8. The molecule has 2 aromatic carbocycles. The predicted octanol–water partition coefficient (Wildman–Crippen LogP) is 3.20. The van der Waals surface area contributed by atoms with Crippen LogP contribution in [0.25, 0.3) is 0 Å². The van der Waals surface area contributed by atoms with Crippen molar-refractivity contribution in [3.8, 4) is 11.5 Å². The topological polar surface area (TPSA) is 41.5 Å². The number of rotatable bonds is 3. The van der Waals surface area contributed by atoms with Crippen LogP contribution in [0, 0.1) is 5.92 Å². The Labute approximate surface area is 130 Å². The van der Waals surface area contributed by atoms with Crippen molar-refractivity contribution in [2.75, 3.05) is 13.6 Å². The summed E-state index contributed by atoms with van der Waals surface area (Å²) in [6.45, 7) is 1.62. The zero-order chi connectivity index (χ0) is 15.2. The lowest BCUT2D eigenvalue weighted by Gasteiger charge is -2.20. The molecule has 3 heteroatoms. The maximum absolute atomic E-state index is 9.98. The van der Waals surface area contributed by atoms with E-state index in [2.05, 4.69) is 29.6 Å². The summed E-state index contributed by atoms with van der Waals surface area (Å²) in [5.41, 5.74) is 3.81. The third kappa shape index (κ3) is 1.92. The second-order valence-electron chi connectivity index (χ2n) is 6.39. The van der Waals surface area contributed by atoms with Crippen molar-refractivity contribution in [1.29, 1.82) is 0 Å². The molecule has 1 spiro atoms. The number of ether oxygens (including phenoxy) is 1. The predicted molar refractivity (Wildman–Crippen MR) is 86.3 cm³/mol. The second kappa shape index (κ2) is 5.03. The van der Waals surface area contributed by atoms with Crippen LogP contribution in [0.2, 0.25) is 0 Å². The molecular formula is C19H21NO2. The van der Waals surface area contributed by atoms with E-state index in [9.17, 15) is 5.11 Å². The summed E-state index contributed by atoms with van der Waals surface area (Å²) >= 11 is 0. The van der Waals surface area contributed by atoms with Crippen LogP contribution in [0.3, 0.4) is 0 Å². The Morgan fingerprint density at radius 2 is 2.09 bits per heavy atom. The molecule has 114 valence electrons. The van der Waals surface area contributed by atoms with Crippen LogP contribution in [0.1, 0.15) is 29.5 Å². The molecule has 1 saturated carbocycles. The first kappa shape index (κ1) is 13.6. The summed E-state index contributed by atoms with van der Waals surface area (Å²) in [7, 11) is 2.00. The average molecular weight is 295 g/mol. The maximum Gasteiger partial charge on any atom is 0.124 e. The summed E-state index contributed by atoms with van der Waals surface area (Å²) in [5, 5.41) is 13.2. The first-order chi connectivity index (χ1) is 10.8. The van der Waals surface area contributed by atoms with Crippen molar-refractivity contribution in [3.63, 3.8) is 0 Å². The Bertz CT molecular complexity index is 712. The van der Waals surface area contributed by atoms with E-state index >= 15 is 0 Å². The van der Waals surface area contributed by atoms with Crippen LogP contribution in [-0.2, 0) is 12.0 Å². The van der Waals surface area contributed by atoms with Crippen molar-refractivity contribution >= 4 is 0 Å². The Kier molecular flexibility index (Phi) is 3.12. The number of phenols is 1. The summed E-state index contributed by atoms with van der Waals surface area (Å²) < 4.78 is 6.03. The quantitative estimate of drug-likeness (QED) is 0.913. The van der Waals surface area contributed by atoms with Gasteiger partial charge in [-0.3, -0.25) is 0 Å². The van der Waals surface area contributed by atoms with Crippen molar-refractivity contribution in [2.45, 2.75) is 24.9 Å². The Morgan fingerprint density at radius 1 is 1.23 bits per heavy atom. The average Bonchev–Trinajstić information content (AvgIpc) is 3.29. The molecule has 1 fully saturated rings. The van der Waals surface area contributed by atoms with E-state index in [1.165, 1.54) is 11.1 Å². The number of fused-ring (bicyclic) bond motifs is 4. The molecule has 3 nitrogen and oxygen atoms in total. The van der Waals surface area contributed by atoms with E-state index in [1.807, 2.05) is 19.2 Å². The highest BCUT2D eigenvalue weighted by atomic mass is 16.5. The molecule has 0 saturated heterocycles. The molecule has 0 amide bonds. The minimum Gasteiger partial charge on any atom is -0.508 e. The molecule has 2 aliphatic rings. The van der Waals surface area contributed by atoms with E-state index < -0.39 is 0 Å². The number of phenolic OH excluding ortho intramolecular Hbond substituents is 1. The lowest BCUT2D eigenvalue weighted by atomic mass is 9.82. The zero-order valence-electron chi connectivity index (χ0n) is 12.8. The van der Waals surface area contributed by atoms with Gasteiger partial charge in [-0.2, -0.15) is 0 Å². The minimum atomic E-state index is 0.0119. The van der Waals surface area contributed by atoms with Gasteiger partial charge in [0.05, 0.1) is 0 Å². The van der Waals surface area contributed by atoms with Crippen molar-refractivity contribution in [2.24, 2.45) is 5.92 Å². The Balaban J connectivity index is 1.87. The summed E-state index contributed by atoms with van der Waals surface area (Å²) in [5.74, 6) is 1.84. The van der Waals surface area contributed by atoms with Crippen molar-refractivity contribution in [1.82, 2.24) is 5.32 Å². The SMILES string of the molecule is CNCCC1CC12c1ccccc1COc1ccc(O)cc12. The first-order valence-electron chi connectivity index (χ1n) is 7.95. The monoisotopic (exact) mass is 295 g/mol. The number of aromatic hydroxyl groups is 1. The van der Waals surface area contributed by atoms with E-state index in [1.54, 1.807) is 6.07 Å². The largest absolute Gasteiger partial charge is 0.508 e.